The summed E-state index contributed by atoms with van der Waals surface area (Å²) in [5, 5.41) is 11.8. The van der Waals surface area contributed by atoms with Gasteiger partial charge in [0, 0.05) is 25.8 Å². The molecule has 28 heavy (non-hydrogen) atoms. The molecule has 148 valence electrons. The first kappa shape index (κ1) is 20.0. The average Bonchev–Trinajstić information content (AvgIpc) is 3.11. The van der Waals surface area contributed by atoms with E-state index in [1.54, 1.807) is 18.0 Å². The number of amides is 1. The van der Waals surface area contributed by atoms with Crippen LogP contribution in [0, 0.1) is 5.82 Å². The van der Waals surface area contributed by atoms with Crippen LogP contribution in [0.25, 0.3) is 11.0 Å². The quantitative estimate of drug-likeness (QED) is 0.321. The summed E-state index contributed by atoms with van der Waals surface area (Å²) in [4.78, 5) is 21.2. The number of aromatic nitrogens is 4. The van der Waals surface area contributed by atoms with Crippen LogP contribution in [0.1, 0.15) is 10.4 Å². The van der Waals surface area contributed by atoms with E-state index in [9.17, 15) is 9.18 Å². The molecule has 1 aromatic carbocycles. The molecule has 0 atom stereocenters. The smallest absolute Gasteiger partial charge is 0.251 e. The summed E-state index contributed by atoms with van der Waals surface area (Å²) in [7, 11) is 1.64. The molecule has 0 fully saturated rings. The van der Waals surface area contributed by atoms with Crippen LogP contribution in [-0.2, 0) is 11.3 Å². The summed E-state index contributed by atoms with van der Waals surface area (Å²) < 4.78 is 19.7. The van der Waals surface area contributed by atoms with Crippen molar-refractivity contribution in [2.24, 2.45) is 0 Å². The molecular formula is C18H21FN6O2S. The van der Waals surface area contributed by atoms with Gasteiger partial charge in [0.1, 0.15) is 11.6 Å². The number of fused-ring (bicyclic) bond motifs is 1. The SMILES string of the molecule is COCCNc1nc(SC)nc2c1cnn2CCNC(=O)c1ccc(F)cc1. The number of methoxy groups -OCH3 is 1. The Balaban J connectivity index is 1.69. The van der Waals surface area contributed by atoms with Crippen molar-refractivity contribution in [2.75, 3.05) is 38.4 Å². The van der Waals surface area contributed by atoms with Crippen molar-refractivity contribution in [1.82, 2.24) is 25.1 Å². The second-order valence-corrected chi connectivity index (χ2v) is 6.62. The molecule has 0 saturated heterocycles. The topological polar surface area (TPSA) is 94.0 Å². The van der Waals surface area contributed by atoms with Crippen molar-refractivity contribution < 1.29 is 13.9 Å². The van der Waals surface area contributed by atoms with E-state index >= 15 is 0 Å². The molecule has 3 aromatic rings. The molecule has 0 radical (unpaired) electrons. The van der Waals surface area contributed by atoms with Crippen molar-refractivity contribution >= 4 is 34.5 Å². The lowest BCUT2D eigenvalue weighted by Gasteiger charge is -2.09. The van der Waals surface area contributed by atoms with E-state index in [4.69, 9.17) is 4.74 Å². The Morgan fingerprint density at radius 2 is 2.04 bits per heavy atom. The third-order valence-electron chi connectivity index (χ3n) is 3.97. The molecule has 0 aliphatic rings. The number of thioether (sulfide) groups is 1. The highest BCUT2D eigenvalue weighted by Crippen LogP contribution is 2.23. The van der Waals surface area contributed by atoms with Gasteiger partial charge in [-0.1, -0.05) is 11.8 Å². The van der Waals surface area contributed by atoms with Gasteiger partial charge < -0.3 is 15.4 Å². The molecular weight excluding hydrogens is 383 g/mol. The molecule has 0 aliphatic carbocycles. The van der Waals surface area contributed by atoms with E-state index in [0.29, 0.717) is 48.4 Å². The first-order chi connectivity index (χ1) is 13.6. The lowest BCUT2D eigenvalue weighted by molar-refractivity contribution is 0.0952. The van der Waals surface area contributed by atoms with Crippen LogP contribution < -0.4 is 10.6 Å². The Morgan fingerprint density at radius 3 is 2.75 bits per heavy atom. The summed E-state index contributed by atoms with van der Waals surface area (Å²) in [6.07, 6.45) is 3.61. The Bertz CT molecular complexity index is 947. The standard InChI is InChI=1S/C18H21FN6O2S/c1-27-10-8-20-15-14-11-22-25(16(14)24-18(23-15)28-2)9-7-21-17(26)12-3-5-13(19)6-4-12/h3-6,11H,7-10H2,1-2H3,(H,21,26)(H,20,23,24). The van der Waals surface area contributed by atoms with E-state index in [0.717, 1.165) is 5.39 Å². The second kappa shape index (κ2) is 9.47. The third-order valence-corrected chi connectivity index (χ3v) is 4.52. The third kappa shape index (κ3) is 4.76. The molecule has 0 spiro atoms. The number of rotatable bonds is 9. The van der Waals surface area contributed by atoms with Gasteiger partial charge in [0.15, 0.2) is 10.8 Å². The monoisotopic (exact) mass is 404 g/mol. The van der Waals surface area contributed by atoms with Gasteiger partial charge in [-0.05, 0) is 30.5 Å². The maximum absolute atomic E-state index is 13.0. The van der Waals surface area contributed by atoms with E-state index in [-0.39, 0.29) is 11.7 Å². The summed E-state index contributed by atoms with van der Waals surface area (Å²) in [5.41, 5.74) is 1.10. The van der Waals surface area contributed by atoms with Crippen molar-refractivity contribution in [1.29, 1.82) is 0 Å². The fraction of sp³-hybridized carbons (Fsp3) is 0.333. The highest BCUT2D eigenvalue weighted by atomic mass is 32.2. The van der Waals surface area contributed by atoms with Crippen molar-refractivity contribution in [2.45, 2.75) is 11.7 Å². The van der Waals surface area contributed by atoms with Crippen LogP contribution in [0.4, 0.5) is 10.2 Å². The molecule has 2 heterocycles. The second-order valence-electron chi connectivity index (χ2n) is 5.85. The minimum Gasteiger partial charge on any atom is -0.383 e. The molecule has 1 amide bonds. The van der Waals surface area contributed by atoms with E-state index in [1.165, 1.54) is 36.0 Å². The number of nitrogens with zero attached hydrogens (tertiary/aromatic N) is 4. The molecule has 0 aliphatic heterocycles. The summed E-state index contributed by atoms with van der Waals surface area (Å²) in [6, 6.07) is 5.41. The number of ether oxygens (including phenoxy) is 1. The summed E-state index contributed by atoms with van der Waals surface area (Å²) in [6.45, 7) is 1.98. The zero-order valence-electron chi connectivity index (χ0n) is 15.6. The minimum atomic E-state index is -0.376. The highest BCUT2D eigenvalue weighted by molar-refractivity contribution is 7.98. The normalized spacial score (nSPS) is 11.0. The van der Waals surface area contributed by atoms with Crippen LogP contribution in [0.15, 0.2) is 35.6 Å². The molecule has 10 heteroatoms. The van der Waals surface area contributed by atoms with Crippen molar-refractivity contribution in [3.05, 3.63) is 41.8 Å². The minimum absolute atomic E-state index is 0.266. The molecule has 3 rings (SSSR count). The van der Waals surface area contributed by atoms with Gasteiger partial charge >= 0.3 is 0 Å². The Morgan fingerprint density at radius 1 is 1.25 bits per heavy atom. The predicted octanol–water partition coefficient (Wildman–Crippen LogP) is 2.18. The fourth-order valence-corrected chi connectivity index (χ4v) is 2.94. The van der Waals surface area contributed by atoms with Gasteiger partial charge in [0.05, 0.1) is 24.7 Å². The average molecular weight is 404 g/mol. The van der Waals surface area contributed by atoms with Gasteiger partial charge in [0.2, 0.25) is 0 Å². The van der Waals surface area contributed by atoms with Gasteiger partial charge in [0.25, 0.3) is 5.91 Å². The van der Waals surface area contributed by atoms with Gasteiger partial charge in [-0.25, -0.2) is 19.0 Å². The lowest BCUT2D eigenvalue weighted by Crippen LogP contribution is -2.27. The van der Waals surface area contributed by atoms with Crippen LogP contribution in [0.3, 0.4) is 0 Å². The molecule has 8 nitrogen and oxygen atoms in total. The highest BCUT2D eigenvalue weighted by Gasteiger charge is 2.13. The number of anilines is 1. The molecule has 0 bridgehead atoms. The molecule has 0 saturated carbocycles. The van der Waals surface area contributed by atoms with Crippen LogP contribution in [0.5, 0.6) is 0 Å². The number of nitrogens with one attached hydrogen (secondary N) is 2. The van der Waals surface area contributed by atoms with E-state index < -0.39 is 0 Å². The van der Waals surface area contributed by atoms with Gasteiger partial charge in [-0.3, -0.25) is 4.79 Å². The van der Waals surface area contributed by atoms with E-state index in [1.807, 2.05) is 6.26 Å². The molecule has 2 N–H and O–H groups in total. The fourth-order valence-electron chi connectivity index (χ4n) is 2.58. The van der Waals surface area contributed by atoms with Gasteiger partial charge in [-0.15, -0.1) is 0 Å². The summed E-state index contributed by atoms with van der Waals surface area (Å²) >= 11 is 1.44. The van der Waals surface area contributed by atoms with Crippen molar-refractivity contribution in [3.8, 4) is 0 Å². The van der Waals surface area contributed by atoms with Crippen LogP contribution >= 0.6 is 11.8 Å². The Hall–Kier alpha value is -2.72. The number of hydrogen-bond acceptors (Lipinski definition) is 7. The van der Waals surface area contributed by atoms with Crippen LogP contribution in [0.2, 0.25) is 0 Å². The largest absolute Gasteiger partial charge is 0.383 e. The molecule has 0 unspecified atom stereocenters. The zero-order valence-corrected chi connectivity index (χ0v) is 16.4. The number of carbonyl (C=O) groups excluding carboxylic acids is 1. The van der Waals surface area contributed by atoms with Crippen molar-refractivity contribution in [3.63, 3.8) is 0 Å². The first-order valence-corrected chi connectivity index (χ1v) is 9.89. The number of carbonyl (C=O) groups is 1. The predicted molar refractivity (Wildman–Crippen MR) is 106 cm³/mol. The maximum Gasteiger partial charge on any atom is 0.251 e. The zero-order chi connectivity index (χ0) is 19.9. The Labute approximate surface area is 165 Å². The Kier molecular flexibility index (Phi) is 6.77. The lowest BCUT2D eigenvalue weighted by atomic mass is 10.2. The number of benzene rings is 1. The molecule has 2 aromatic heterocycles. The number of hydrogen-bond donors (Lipinski definition) is 2. The number of halogens is 1. The first-order valence-electron chi connectivity index (χ1n) is 8.66. The summed E-state index contributed by atoms with van der Waals surface area (Å²) in [5.74, 6) is 0.0598. The van der Waals surface area contributed by atoms with Crippen LogP contribution in [-0.4, -0.2) is 58.7 Å². The van der Waals surface area contributed by atoms with E-state index in [2.05, 4.69) is 25.7 Å². The van der Waals surface area contributed by atoms with Gasteiger partial charge in [-0.2, -0.15) is 5.10 Å². The maximum atomic E-state index is 13.0.